The van der Waals surface area contributed by atoms with E-state index >= 15 is 0 Å². The zero-order chi connectivity index (χ0) is 18.4. The molecule has 3 rings (SSSR count). The summed E-state index contributed by atoms with van der Waals surface area (Å²) in [5, 5.41) is 15.8. The van der Waals surface area contributed by atoms with Gasteiger partial charge in [0.15, 0.2) is 6.61 Å². The van der Waals surface area contributed by atoms with Crippen LogP contribution in [-0.4, -0.2) is 38.4 Å². The average Bonchev–Trinajstić information content (AvgIpc) is 3.20. The maximum Gasteiger partial charge on any atom is 0.277 e. The van der Waals surface area contributed by atoms with E-state index in [2.05, 4.69) is 26.1 Å². The zero-order valence-electron chi connectivity index (χ0n) is 13.8. The maximum absolute atomic E-state index is 11.9. The van der Waals surface area contributed by atoms with Gasteiger partial charge < -0.3 is 4.74 Å². The Hall–Kier alpha value is -3.26. The molecule has 2 aromatic carbocycles. The average molecular weight is 371 g/mol. The molecule has 1 aromatic heterocycles. The molecule has 0 saturated carbocycles. The van der Waals surface area contributed by atoms with E-state index in [1.54, 1.807) is 31.2 Å². The Bertz CT molecular complexity index is 909. The number of ether oxygens (including phenoxy) is 1. The summed E-state index contributed by atoms with van der Waals surface area (Å²) in [6, 6.07) is 14.2. The minimum Gasteiger partial charge on any atom is -0.484 e. The first-order valence-electron chi connectivity index (χ1n) is 7.67. The highest BCUT2D eigenvalue weighted by Gasteiger charge is 2.05. The summed E-state index contributed by atoms with van der Waals surface area (Å²) in [6.07, 6.45) is 1.50. The number of carbonyl (C=O) groups is 1. The van der Waals surface area contributed by atoms with Crippen LogP contribution in [0.3, 0.4) is 0 Å². The van der Waals surface area contributed by atoms with Crippen LogP contribution in [0.5, 0.6) is 5.75 Å². The third kappa shape index (κ3) is 4.64. The quantitative estimate of drug-likeness (QED) is 0.530. The summed E-state index contributed by atoms with van der Waals surface area (Å²) < 4.78 is 6.90. The molecule has 0 unspecified atom stereocenters. The fourth-order valence-electron chi connectivity index (χ4n) is 2.08. The van der Waals surface area contributed by atoms with Crippen LogP contribution in [0.15, 0.2) is 60.0 Å². The van der Waals surface area contributed by atoms with Gasteiger partial charge in [0.2, 0.25) is 0 Å². The molecule has 0 saturated heterocycles. The fourth-order valence-corrected chi connectivity index (χ4v) is 2.20. The van der Waals surface area contributed by atoms with Crippen LogP contribution in [-0.2, 0) is 4.79 Å². The van der Waals surface area contributed by atoms with Gasteiger partial charge in [0, 0.05) is 5.02 Å². The lowest BCUT2D eigenvalue weighted by Crippen LogP contribution is -2.25. The lowest BCUT2D eigenvalue weighted by atomic mass is 10.1. The van der Waals surface area contributed by atoms with E-state index in [4.69, 9.17) is 16.3 Å². The molecule has 26 heavy (non-hydrogen) atoms. The molecule has 0 aliphatic rings. The highest BCUT2D eigenvalue weighted by molar-refractivity contribution is 6.30. The lowest BCUT2D eigenvalue weighted by molar-refractivity contribution is -0.123. The van der Waals surface area contributed by atoms with Gasteiger partial charge in [-0.1, -0.05) is 23.7 Å². The molecule has 1 N–H and O–H groups in total. The normalized spacial score (nSPS) is 11.2. The van der Waals surface area contributed by atoms with Crippen LogP contribution in [0.4, 0.5) is 0 Å². The van der Waals surface area contributed by atoms with Gasteiger partial charge in [-0.15, -0.1) is 5.10 Å². The van der Waals surface area contributed by atoms with Crippen LogP contribution < -0.4 is 10.2 Å². The molecule has 0 aliphatic heterocycles. The molecule has 0 atom stereocenters. The second-order valence-electron chi connectivity index (χ2n) is 5.28. The van der Waals surface area contributed by atoms with Gasteiger partial charge >= 0.3 is 0 Å². The lowest BCUT2D eigenvalue weighted by Gasteiger charge is -2.07. The van der Waals surface area contributed by atoms with Crippen molar-refractivity contribution in [3.63, 3.8) is 0 Å². The number of nitrogens with one attached hydrogen (secondary N) is 1. The second kappa shape index (κ2) is 8.21. The number of tetrazole rings is 1. The summed E-state index contributed by atoms with van der Waals surface area (Å²) in [4.78, 5) is 11.9. The number of benzene rings is 2. The zero-order valence-corrected chi connectivity index (χ0v) is 14.6. The van der Waals surface area contributed by atoms with Crippen molar-refractivity contribution in [2.45, 2.75) is 6.92 Å². The van der Waals surface area contributed by atoms with Crippen LogP contribution in [0.2, 0.25) is 5.02 Å². The summed E-state index contributed by atoms with van der Waals surface area (Å²) in [7, 11) is 0. The molecule has 0 radical (unpaired) electrons. The SMILES string of the molecule is C/C(=N/NC(=O)COc1ccc(Cl)cc1)c1cccc(-n2cnnn2)c1. The van der Waals surface area contributed by atoms with Gasteiger partial charge in [0.05, 0.1) is 11.4 Å². The second-order valence-corrected chi connectivity index (χ2v) is 5.72. The van der Waals surface area contributed by atoms with E-state index in [9.17, 15) is 4.79 Å². The Morgan fingerprint density at radius 2 is 2.08 bits per heavy atom. The van der Waals surface area contributed by atoms with E-state index in [0.29, 0.717) is 16.5 Å². The van der Waals surface area contributed by atoms with E-state index in [1.165, 1.54) is 11.0 Å². The van der Waals surface area contributed by atoms with Gasteiger partial charge in [-0.2, -0.15) is 5.10 Å². The summed E-state index contributed by atoms with van der Waals surface area (Å²) in [5.74, 6) is 0.190. The third-order valence-electron chi connectivity index (χ3n) is 3.41. The van der Waals surface area contributed by atoms with Crippen molar-refractivity contribution in [2.24, 2.45) is 5.10 Å². The van der Waals surface area contributed by atoms with Crippen molar-refractivity contribution in [3.05, 3.63) is 65.4 Å². The molecule has 132 valence electrons. The van der Waals surface area contributed by atoms with E-state index < -0.39 is 0 Å². The van der Waals surface area contributed by atoms with Crippen LogP contribution in [0.1, 0.15) is 12.5 Å². The minimum absolute atomic E-state index is 0.150. The molecule has 3 aromatic rings. The first-order valence-corrected chi connectivity index (χ1v) is 8.05. The first-order chi connectivity index (χ1) is 12.6. The molecule has 1 amide bonds. The number of aromatic nitrogens is 4. The van der Waals surface area contributed by atoms with Crippen LogP contribution >= 0.6 is 11.6 Å². The number of amides is 1. The number of hydrogen-bond acceptors (Lipinski definition) is 6. The molecular formula is C17H15ClN6O2. The number of carbonyl (C=O) groups excluding carboxylic acids is 1. The predicted molar refractivity (Wildman–Crippen MR) is 96.5 cm³/mol. The van der Waals surface area contributed by atoms with Crippen molar-refractivity contribution < 1.29 is 9.53 Å². The van der Waals surface area contributed by atoms with E-state index in [-0.39, 0.29) is 12.5 Å². The standard InChI is InChI=1S/C17H15ClN6O2/c1-12(13-3-2-4-15(9-13)24-11-19-22-23-24)20-21-17(25)10-26-16-7-5-14(18)6-8-16/h2-9,11H,10H2,1H3,(H,21,25)/b20-12-. The molecule has 0 spiro atoms. The van der Waals surface area contributed by atoms with Gasteiger partial charge in [0.25, 0.3) is 5.91 Å². The molecule has 0 bridgehead atoms. The Morgan fingerprint density at radius 3 is 2.81 bits per heavy atom. The third-order valence-corrected chi connectivity index (χ3v) is 3.66. The highest BCUT2D eigenvalue weighted by Crippen LogP contribution is 2.15. The monoisotopic (exact) mass is 370 g/mol. The predicted octanol–water partition coefficient (Wildman–Crippen LogP) is 2.23. The number of hydrogen-bond donors (Lipinski definition) is 1. The Kier molecular flexibility index (Phi) is 5.55. The smallest absolute Gasteiger partial charge is 0.277 e. The van der Waals surface area contributed by atoms with Crippen molar-refractivity contribution >= 4 is 23.2 Å². The van der Waals surface area contributed by atoms with Crippen molar-refractivity contribution in [2.75, 3.05) is 6.61 Å². The molecule has 9 heteroatoms. The Balaban J connectivity index is 1.58. The van der Waals surface area contributed by atoms with Gasteiger partial charge in [-0.05, 0) is 59.3 Å². The molecule has 0 aliphatic carbocycles. The van der Waals surface area contributed by atoms with Crippen molar-refractivity contribution in [3.8, 4) is 11.4 Å². The number of rotatable bonds is 6. The maximum atomic E-state index is 11.9. The Morgan fingerprint density at radius 1 is 1.27 bits per heavy atom. The molecule has 1 heterocycles. The highest BCUT2D eigenvalue weighted by atomic mass is 35.5. The molecule has 0 fully saturated rings. The van der Waals surface area contributed by atoms with Crippen molar-refractivity contribution in [1.82, 2.24) is 25.6 Å². The number of halogens is 1. The molecular weight excluding hydrogens is 356 g/mol. The summed E-state index contributed by atoms with van der Waals surface area (Å²) >= 11 is 5.80. The first kappa shape index (κ1) is 17.6. The van der Waals surface area contributed by atoms with Gasteiger partial charge in [-0.3, -0.25) is 4.79 Å². The Labute approximate surface area is 154 Å². The van der Waals surface area contributed by atoms with Gasteiger partial charge in [-0.25, -0.2) is 10.1 Å². The summed E-state index contributed by atoms with van der Waals surface area (Å²) in [6.45, 7) is 1.64. The number of hydrazone groups is 1. The topological polar surface area (TPSA) is 94.3 Å². The van der Waals surface area contributed by atoms with Gasteiger partial charge in [0.1, 0.15) is 12.1 Å². The van der Waals surface area contributed by atoms with Crippen LogP contribution in [0.25, 0.3) is 5.69 Å². The molecule has 8 nitrogen and oxygen atoms in total. The largest absolute Gasteiger partial charge is 0.484 e. The minimum atomic E-state index is -0.365. The van der Waals surface area contributed by atoms with E-state index in [1.807, 2.05) is 24.3 Å². The summed E-state index contributed by atoms with van der Waals surface area (Å²) in [5.41, 5.74) is 4.73. The number of nitrogens with zero attached hydrogens (tertiary/aromatic N) is 5. The van der Waals surface area contributed by atoms with Crippen LogP contribution in [0, 0.1) is 0 Å². The fraction of sp³-hybridized carbons (Fsp3) is 0.118. The van der Waals surface area contributed by atoms with E-state index in [0.717, 1.165) is 11.3 Å². The van der Waals surface area contributed by atoms with Crippen molar-refractivity contribution in [1.29, 1.82) is 0 Å².